The molecule has 21 heavy (non-hydrogen) atoms. The maximum absolute atomic E-state index is 9.33. The van der Waals surface area contributed by atoms with Crippen molar-refractivity contribution >= 4 is 23.1 Å². The third-order valence-corrected chi connectivity index (χ3v) is 4.34. The third kappa shape index (κ3) is 3.80. The van der Waals surface area contributed by atoms with Gasteiger partial charge in [-0.15, -0.1) is 0 Å². The summed E-state index contributed by atoms with van der Waals surface area (Å²) in [7, 11) is 0. The highest BCUT2D eigenvalue weighted by Gasteiger charge is 2.21. The van der Waals surface area contributed by atoms with Gasteiger partial charge in [-0.2, -0.15) is 0 Å². The van der Waals surface area contributed by atoms with Gasteiger partial charge in [0.2, 0.25) is 0 Å². The first kappa shape index (κ1) is 15.9. The molecule has 1 saturated carbocycles. The van der Waals surface area contributed by atoms with Gasteiger partial charge in [0.1, 0.15) is 0 Å². The standard InChI is InChI=1S/C15H22ClN3O2/c16-14-10-12(6-7-13(14)15(17)18-21)19(8-9-20)11-4-2-1-3-5-11/h6-7,10-11,20-21H,1-5,8-9H2,(H2,17,18). The summed E-state index contributed by atoms with van der Waals surface area (Å²) in [6.07, 6.45) is 6.01. The number of aliphatic hydroxyl groups excluding tert-OH is 1. The van der Waals surface area contributed by atoms with E-state index in [-0.39, 0.29) is 12.4 Å². The number of aliphatic hydroxyl groups is 1. The lowest BCUT2D eigenvalue weighted by Crippen LogP contribution is -2.38. The highest BCUT2D eigenvalue weighted by molar-refractivity contribution is 6.34. The molecule has 0 amide bonds. The fourth-order valence-electron chi connectivity index (χ4n) is 2.97. The molecular weight excluding hydrogens is 290 g/mol. The summed E-state index contributed by atoms with van der Waals surface area (Å²) in [5, 5.41) is 21.5. The average Bonchev–Trinajstić information content (AvgIpc) is 2.52. The molecule has 0 aliphatic heterocycles. The third-order valence-electron chi connectivity index (χ3n) is 4.02. The van der Waals surface area contributed by atoms with Crippen molar-refractivity contribution in [1.29, 1.82) is 0 Å². The molecule has 116 valence electrons. The highest BCUT2D eigenvalue weighted by atomic mass is 35.5. The van der Waals surface area contributed by atoms with Crippen molar-refractivity contribution < 1.29 is 10.3 Å². The van der Waals surface area contributed by atoms with Crippen molar-refractivity contribution in [3.05, 3.63) is 28.8 Å². The van der Waals surface area contributed by atoms with Crippen LogP contribution in [0.15, 0.2) is 23.4 Å². The number of benzene rings is 1. The molecule has 0 bridgehead atoms. The van der Waals surface area contributed by atoms with Crippen LogP contribution >= 0.6 is 11.6 Å². The van der Waals surface area contributed by atoms with Crippen LogP contribution in [0.4, 0.5) is 5.69 Å². The van der Waals surface area contributed by atoms with Gasteiger partial charge in [-0.1, -0.05) is 36.0 Å². The first-order valence-corrected chi connectivity index (χ1v) is 7.70. The minimum absolute atomic E-state index is 0.00192. The zero-order valence-electron chi connectivity index (χ0n) is 12.0. The number of halogens is 1. The van der Waals surface area contributed by atoms with Crippen LogP contribution in [0.1, 0.15) is 37.7 Å². The van der Waals surface area contributed by atoms with Crippen molar-refractivity contribution in [1.82, 2.24) is 0 Å². The van der Waals surface area contributed by atoms with Gasteiger partial charge in [0.15, 0.2) is 5.84 Å². The predicted octanol–water partition coefficient (Wildman–Crippen LogP) is 2.57. The second-order valence-corrected chi connectivity index (χ2v) is 5.77. The summed E-state index contributed by atoms with van der Waals surface area (Å²) >= 11 is 6.23. The topological polar surface area (TPSA) is 82.1 Å². The van der Waals surface area contributed by atoms with Crippen molar-refractivity contribution in [2.75, 3.05) is 18.1 Å². The van der Waals surface area contributed by atoms with Crippen molar-refractivity contribution in [2.24, 2.45) is 10.9 Å². The lowest BCUT2D eigenvalue weighted by molar-refractivity contribution is 0.290. The molecule has 0 unspecified atom stereocenters. The summed E-state index contributed by atoms with van der Waals surface area (Å²) in [6.45, 7) is 0.694. The lowest BCUT2D eigenvalue weighted by atomic mass is 9.93. The number of nitrogens with two attached hydrogens (primary N) is 1. The van der Waals surface area contributed by atoms with Crippen LogP contribution in [-0.2, 0) is 0 Å². The average molecular weight is 312 g/mol. The Balaban J connectivity index is 2.25. The first-order valence-electron chi connectivity index (χ1n) is 7.32. The van der Waals surface area contributed by atoms with E-state index in [1.165, 1.54) is 19.3 Å². The second kappa shape index (κ2) is 7.52. The number of rotatable bonds is 5. The van der Waals surface area contributed by atoms with Gasteiger partial charge in [-0.25, -0.2) is 0 Å². The van der Waals surface area contributed by atoms with E-state index < -0.39 is 0 Å². The minimum atomic E-state index is -0.00192. The SMILES string of the molecule is NC(=NO)c1ccc(N(CCO)C2CCCCC2)cc1Cl. The zero-order valence-corrected chi connectivity index (χ0v) is 12.8. The zero-order chi connectivity index (χ0) is 15.2. The molecule has 0 saturated heterocycles. The summed E-state index contributed by atoms with van der Waals surface area (Å²) in [5.74, 6) is -0.00192. The summed E-state index contributed by atoms with van der Waals surface area (Å²) in [4.78, 5) is 2.21. The Morgan fingerprint density at radius 2 is 2.05 bits per heavy atom. The van der Waals surface area contributed by atoms with E-state index in [2.05, 4.69) is 10.1 Å². The molecule has 1 aromatic rings. The van der Waals surface area contributed by atoms with Gasteiger partial charge in [-0.05, 0) is 31.0 Å². The van der Waals surface area contributed by atoms with E-state index in [4.69, 9.17) is 22.5 Å². The molecule has 0 atom stereocenters. The van der Waals surface area contributed by atoms with Gasteiger partial charge < -0.3 is 20.9 Å². The van der Waals surface area contributed by atoms with Gasteiger partial charge in [0.05, 0.1) is 11.6 Å². The molecule has 4 N–H and O–H groups in total. The molecule has 1 aromatic carbocycles. The Morgan fingerprint density at radius 3 is 2.62 bits per heavy atom. The number of amidine groups is 1. The Bertz CT molecular complexity index is 502. The van der Waals surface area contributed by atoms with E-state index >= 15 is 0 Å². The molecule has 5 nitrogen and oxygen atoms in total. The van der Waals surface area contributed by atoms with Crippen molar-refractivity contribution in [2.45, 2.75) is 38.1 Å². The summed E-state index contributed by atoms with van der Waals surface area (Å²) < 4.78 is 0. The quantitative estimate of drug-likeness (QED) is 0.338. The van der Waals surface area contributed by atoms with Crippen LogP contribution in [0.5, 0.6) is 0 Å². The lowest BCUT2D eigenvalue weighted by Gasteiger charge is -2.36. The van der Waals surface area contributed by atoms with Crippen LogP contribution < -0.4 is 10.6 Å². The maximum atomic E-state index is 9.33. The first-order chi connectivity index (χ1) is 10.2. The van der Waals surface area contributed by atoms with E-state index in [0.717, 1.165) is 18.5 Å². The molecule has 0 aromatic heterocycles. The van der Waals surface area contributed by atoms with Crippen LogP contribution in [-0.4, -0.2) is 35.3 Å². The Kier molecular flexibility index (Phi) is 5.70. The normalized spacial score (nSPS) is 17.0. The molecule has 1 fully saturated rings. The fraction of sp³-hybridized carbons (Fsp3) is 0.533. The summed E-state index contributed by atoms with van der Waals surface area (Å²) in [5.41, 5.74) is 7.06. The number of hydrogen-bond donors (Lipinski definition) is 3. The van der Waals surface area contributed by atoms with Crippen LogP contribution in [0.2, 0.25) is 5.02 Å². The predicted molar refractivity (Wildman–Crippen MR) is 85.3 cm³/mol. The van der Waals surface area contributed by atoms with Gasteiger partial charge in [0.25, 0.3) is 0 Å². The van der Waals surface area contributed by atoms with Crippen molar-refractivity contribution in [3.8, 4) is 0 Å². The summed E-state index contributed by atoms with van der Waals surface area (Å²) in [6, 6.07) is 5.92. The monoisotopic (exact) mass is 311 g/mol. The number of oxime groups is 1. The van der Waals surface area contributed by atoms with E-state index in [9.17, 15) is 5.11 Å². The number of anilines is 1. The van der Waals surface area contributed by atoms with Crippen LogP contribution in [0.25, 0.3) is 0 Å². The molecule has 0 heterocycles. The molecule has 6 heteroatoms. The highest BCUT2D eigenvalue weighted by Crippen LogP contribution is 2.30. The van der Waals surface area contributed by atoms with Gasteiger partial charge in [0, 0.05) is 23.8 Å². The molecule has 2 rings (SSSR count). The fourth-order valence-corrected chi connectivity index (χ4v) is 3.24. The maximum Gasteiger partial charge on any atom is 0.171 e. The van der Waals surface area contributed by atoms with E-state index in [1.807, 2.05) is 12.1 Å². The smallest absolute Gasteiger partial charge is 0.171 e. The Labute approximate surface area is 130 Å². The Morgan fingerprint density at radius 1 is 1.33 bits per heavy atom. The van der Waals surface area contributed by atoms with Gasteiger partial charge >= 0.3 is 0 Å². The molecule has 1 aliphatic carbocycles. The van der Waals surface area contributed by atoms with Crippen LogP contribution in [0, 0.1) is 0 Å². The molecule has 0 spiro atoms. The number of hydrogen-bond acceptors (Lipinski definition) is 4. The van der Waals surface area contributed by atoms with Crippen molar-refractivity contribution in [3.63, 3.8) is 0 Å². The molecular formula is C15H22ClN3O2. The largest absolute Gasteiger partial charge is 0.409 e. The Hall–Kier alpha value is -1.46. The number of nitrogens with zero attached hydrogens (tertiary/aromatic N) is 2. The van der Waals surface area contributed by atoms with Crippen LogP contribution in [0.3, 0.4) is 0 Å². The second-order valence-electron chi connectivity index (χ2n) is 5.36. The van der Waals surface area contributed by atoms with Gasteiger partial charge in [-0.3, -0.25) is 0 Å². The molecule has 1 aliphatic rings. The van der Waals surface area contributed by atoms with E-state index in [0.29, 0.717) is 23.2 Å². The van der Waals surface area contributed by atoms with E-state index in [1.54, 1.807) is 6.07 Å². The minimum Gasteiger partial charge on any atom is -0.409 e. The molecule has 0 radical (unpaired) electrons.